The molecule has 4 rings (SSSR count). The van der Waals surface area contributed by atoms with E-state index in [0.29, 0.717) is 35.9 Å². The van der Waals surface area contributed by atoms with Crippen LogP contribution < -0.4 is 5.32 Å². The van der Waals surface area contributed by atoms with Gasteiger partial charge in [0.05, 0.1) is 29.9 Å². The first-order valence-electron chi connectivity index (χ1n) is 9.25. The maximum absolute atomic E-state index is 13.4. The molecule has 29 heavy (non-hydrogen) atoms. The third-order valence-electron chi connectivity index (χ3n) is 4.71. The van der Waals surface area contributed by atoms with Crippen LogP contribution in [0.25, 0.3) is 0 Å². The van der Waals surface area contributed by atoms with Gasteiger partial charge in [-0.25, -0.2) is 22.8 Å². The number of aromatic nitrogens is 3. The Morgan fingerprint density at radius 3 is 2.83 bits per heavy atom. The Labute approximate surface area is 168 Å². The topological polar surface area (TPSA) is 88.1 Å². The van der Waals surface area contributed by atoms with Crippen molar-refractivity contribution in [2.75, 3.05) is 11.9 Å². The summed E-state index contributed by atoms with van der Waals surface area (Å²) in [5.41, 5.74) is 0.999. The van der Waals surface area contributed by atoms with E-state index in [-0.39, 0.29) is 5.75 Å². The maximum atomic E-state index is 13.4. The molecule has 0 bridgehead atoms. The van der Waals surface area contributed by atoms with Crippen molar-refractivity contribution < 1.29 is 12.8 Å². The quantitative estimate of drug-likeness (QED) is 0.666. The van der Waals surface area contributed by atoms with Gasteiger partial charge in [-0.3, -0.25) is 4.98 Å². The summed E-state index contributed by atoms with van der Waals surface area (Å²) in [7, 11) is -3.63. The van der Waals surface area contributed by atoms with Crippen LogP contribution >= 0.6 is 0 Å². The maximum Gasteiger partial charge on any atom is 0.218 e. The first-order chi connectivity index (χ1) is 14.0. The molecule has 1 unspecified atom stereocenters. The van der Waals surface area contributed by atoms with Crippen LogP contribution in [-0.2, 0) is 15.8 Å². The Balaban J connectivity index is 1.56. The molecule has 3 aromatic rings. The summed E-state index contributed by atoms with van der Waals surface area (Å²) in [5, 5.41) is 3.07. The van der Waals surface area contributed by atoms with Crippen LogP contribution in [0.4, 0.5) is 16.0 Å². The molecule has 0 amide bonds. The fourth-order valence-electron chi connectivity index (χ4n) is 3.46. The number of nitrogens with one attached hydrogen (secondary N) is 1. The van der Waals surface area contributed by atoms with Crippen LogP contribution in [0.15, 0.2) is 61.1 Å². The SMILES string of the molecule is O=S(=O)(Cc1cccc(F)c1)N1CCCC1c1cncc(Nc2ccccn2)n1. The molecule has 0 radical (unpaired) electrons. The summed E-state index contributed by atoms with van der Waals surface area (Å²) < 4.78 is 40.9. The molecule has 1 fully saturated rings. The lowest BCUT2D eigenvalue weighted by molar-refractivity contribution is 0.389. The zero-order valence-electron chi connectivity index (χ0n) is 15.6. The molecule has 1 N–H and O–H groups in total. The predicted octanol–water partition coefficient (Wildman–Crippen LogP) is 3.42. The molecule has 2 aromatic heterocycles. The summed E-state index contributed by atoms with van der Waals surface area (Å²) in [6.07, 6.45) is 6.21. The van der Waals surface area contributed by atoms with Gasteiger partial charge in [-0.15, -0.1) is 0 Å². The van der Waals surface area contributed by atoms with Crippen molar-refractivity contribution in [1.29, 1.82) is 0 Å². The van der Waals surface area contributed by atoms with Crippen molar-refractivity contribution in [3.63, 3.8) is 0 Å². The molecule has 0 saturated carbocycles. The highest BCUT2D eigenvalue weighted by atomic mass is 32.2. The summed E-state index contributed by atoms with van der Waals surface area (Å²) in [6.45, 7) is 0.405. The summed E-state index contributed by atoms with van der Waals surface area (Å²) in [5.74, 6) is 0.423. The van der Waals surface area contributed by atoms with Gasteiger partial charge in [0, 0.05) is 12.7 Å². The molecular weight excluding hydrogens is 393 g/mol. The van der Waals surface area contributed by atoms with Crippen molar-refractivity contribution >= 4 is 21.7 Å². The molecule has 0 spiro atoms. The van der Waals surface area contributed by atoms with Gasteiger partial charge in [0.15, 0.2) is 0 Å². The van der Waals surface area contributed by atoms with Crippen LogP contribution in [0.1, 0.15) is 30.1 Å². The number of benzene rings is 1. The lowest BCUT2D eigenvalue weighted by atomic mass is 10.2. The van der Waals surface area contributed by atoms with Gasteiger partial charge in [-0.05, 0) is 42.7 Å². The Morgan fingerprint density at radius 2 is 2.03 bits per heavy atom. The monoisotopic (exact) mass is 413 g/mol. The fraction of sp³-hybridized carbons (Fsp3) is 0.250. The number of hydrogen-bond donors (Lipinski definition) is 1. The zero-order chi connectivity index (χ0) is 20.3. The fourth-order valence-corrected chi connectivity index (χ4v) is 5.23. The van der Waals surface area contributed by atoms with E-state index >= 15 is 0 Å². The lowest BCUT2D eigenvalue weighted by Gasteiger charge is -2.24. The summed E-state index contributed by atoms with van der Waals surface area (Å²) in [6, 6.07) is 10.7. The summed E-state index contributed by atoms with van der Waals surface area (Å²) in [4.78, 5) is 13.0. The normalized spacial score (nSPS) is 17.3. The highest BCUT2D eigenvalue weighted by molar-refractivity contribution is 7.88. The number of sulfonamides is 1. The van der Waals surface area contributed by atoms with Crippen molar-refractivity contribution in [3.05, 3.63) is 78.1 Å². The zero-order valence-corrected chi connectivity index (χ0v) is 16.4. The van der Waals surface area contributed by atoms with Gasteiger partial charge in [0.1, 0.15) is 17.5 Å². The van der Waals surface area contributed by atoms with Crippen molar-refractivity contribution in [2.45, 2.75) is 24.6 Å². The molecule has 1 aliphatic heterocycles. The van der Waals surface area contributed by atoms with Crippen LogP contribution in [0, 0.1) is 5.82 Å². The van der Waals surface area contributed by atoms with Crippen LogP contribution in [0.2, 0.25) is 0 Å². The van der Waals surface area contributed by atoms with Gasteiger partial charge in [-0.2, -0.15) is 4.31 Å². The summed E-state index contributed by atoms with van der Waals surface area (Å²) >= 11 is 0. The molecule has 9 heteroatoms. The van der Waals surface area contributed by atoms with Gasteiger partial charge >= 0.3 is 0 Å². The number of rotatable bonds is 6. The van der Waals surface area contributed by atoms with E-state index < -0.39 is 21.9 Å². The van der Waals surface area contributed by atoms with E-state index in [1.807, 2.05) is 12.1 Å². The van der Waals surface area contributed by atoms with Crippen LogP contribution in [-0.4, -0.2) is 34.2 Å². The number of pyridine rings is 1. The minimum absolute atomic E-state index is 0.249. The van der Waals surface area contributed by atoms with Gasteiger partial charge in [-0.1, -0.05) is 18.2 Å². The third-order valence-corrected chi connectivity index (χ3v) is 6.56. The van der Waals surface area contributed by atoms with E-state index in [0.717, 1.165) is 6.42 Å². The van der Waals surface area contributed by atoms with Crippen molar-refractivity contribution in [1.82, 2.24) is 19.3 Å². The van der Waals surface area contributed by atoms with Gasteiger partial charge < -0.3 is 5.32 Å². The van der Waals surface area contributed by atoms with Crippen LogP contribution in [0.5, 0.6) is 0 Å². The smallest absolute Gasteiger partial charge is 0.218 e. The molecule has 1 atom stereocenters. The number of anilines is 2. The van der Waals surface area contributed by atoms with Crippen molar-refractivity contribution in [2.24, 2.45) is 0 Å². The molecular formula is C20H20FN5O2S. The average Bonchev–Trinajstić information content (AvgIpc) is 3.20. The highest BCUT2D eigenvalue weighted by Crippen LogP contribution is 2.34. The molecule has 1 aliphatic rings. The second-order valence-corrected chi connectivity index (χ2v) is 8.75. The molecule has 7 nitrogen and oxygen atoms in total. The average molecular weight is 413 g/mol. The molecule has 1 aromatic carbocycles. The number of nitrogens with zero attached hydrogens (tertiary/aromatic N) is 4. The van der Waals surface area contributed by atoms with Crippen LogP contribution in [0.3, 0.4) is 0 Å². The van der Waals surface area contributed by atoms with E-state index in [1.54, 1.807) is 30.7 Å². The number of halogens is 1. The predicted molar refractivity (Wildman–Crippen MR) is 107 cm³/mol. The first-order valence-corrected chi connectivity index (χ1v) is 10.9. The van der Waals surface area contributed by atoms with Gasteiger partial charge in [0.2, 0.25) is 10.0 Å². The molecule has 3 heterocycles. The van der Waals surface area contributed by atoms with Crippen molar-refractivity contribution in [3.8, 4) is 0 Å². The molecule has 1 saturated heterocycles. The van der Waals surface area contributed by atoms with E-state index in [4.69, 9.17) is 0 Å². The molecule has 0 aliphatic carbocycles. The van der Waals surface area contributed by atoms with E-state index in [2.05, 4.69) is 20.3 Å². The lowest BCUT2D eigenvalue weighted by Crippen LogP contribution is -2.32. The Bertz CT molecular complexity index is 1090. The minimum Gasteiger partial charge on any atom is -0.324 e. The molecule has 150 valence electrons. The first kappa shape index (κ1) is 19.4. The minimum atomic E-state index is -3.63. The largest absolute Gasteiger partial charge is 0.324 e. The van der Waals surface area contributed by atoms with E-state index in [9.17, 15) is 12.8 Å². The second kappa shape index (κ2) is 8.22. The van der Waals surface area contributed by atoms with E-state index in [1.165, 1.54) is 22.5 Å². The Kier molecular flexibility index (Phi) is 5.50. The third kappa shape index (κ3) is 4.57. The Morgan fingerprint density at radius 1 is 1.14 bits per heavy atom. The highest BCUT2D eigenvalue weighted by Gasteiger charge is 2.36. The second-order valence-electron chi connectivity index (χ2n) is 6.82. The number of hydrogen-bond acceptors (Lipinski definition) is 6. The standard InChI is InChI=1S/C20H20FN5O2S/c21-16-6-3-5-15(11-16)14-29(27,28)26-10-4-7-18(26)17-12-22-13-20(24-17)25-19-8-1-2-9-23-19/h1-3,5-6,8-9,11-13,18H,4,7,10,14H2,(H,23,24,25). The Hall–Kier alpha value is -2.91. The van der Waals surface area contributed by atoms with Gasteiger partial charge in [0.25, 0.3) is 0 Å².